The monoisotopic (exact) mass is 151 g/mol. The van der Waals surface area contributed by atoms with Gasteiger partial charge < -0.3 is 10.4 Å². The molecule has 0 aromatic rings. The minimum Gasteiger partial charge on any atom is -0.393 e. The topological polar surface area (TPSA) is 32.3 Å². The number of hydrogen-bond donors (Lipinski definition) is 2. The second-order valence-electron chi connectivity index (χ2n) is 2.57. The lowest BCUT2D eigenvalue weighted by Crippen LogP contribution is -2.44. The van der Waals surface area contributed by atoms with Crippen LogP contribution in [0.15, 0.2) is 0 Å². The molecule has 0 aliphatic carbocycles. The fraction of sp³-hybridized carbons (Fsp3) is 1.00. The number of halogens is 2. The van der Waals surface area contributed by atoms with Gasteiger partial charge in [0.15, 0.2) is 0 Å². The van der Waals surface area contributed by atoms with Gasteiger partial charge in [-0.15, -0.1) is 0 Å². The lowest BCUT2D eigenvalue weighted by atomic mass is 10.0. The number of piperidine rings is 1. The van der Waals surface area contributed by atoms with Gasteiger partial charge in [0.2, 0.25) is 0 Å². The van der Waals surface area contributed by atoms with Gasteiger partial charge in [-0.25, -0.2) is 8.78 Å². The van der Waals surface area contributed by atoms with E-state index in [1.54, 1.807) is 0 Å². The second kappa shape index (κ2) is 3.25. The number of nitrogens with one attached hydrogen (secondary N) is 1. The molecule has 2 nitrogen and oxygen atoms in total. The first-order valence-corrected chi connectivity index (χ1v) is 3.39. The quantitative estimate of drug-likeness (QED) is 0.567. The molecule has 1 rings (SSSR count). The summed E-state index contributed by atoms with van der Waals surface area (Å²) >= 11 is 0. The number of alkyl halides is 2. The van der Waals surface area contributed by atoms with E-state index < -0.39 is 18.6 Å². The third-order valence-electron chi connectivity index (χ3n) is 1.71. The van der Waals surface area contributed by atoms with Gasteiger partial charge in [0.1, 0.15) is 0 Å². The van der Waals surface area contributed by atoms with E-state index >= 15 is 0 Å². The van der Waals surface area contributed by atoms with E-state index in [1.165, 1.54) is 0 Å². The zero-order valence-corrected chi connectivity index (χ0v) is 5.56. The molecule has 0 unspecified atom stereocenters. The van der Waals surface area contributed by atoms with Crippen LogP contribution in [0.1, 0.15) is 12.8 Å². The molecule has 0 amide bonds. The van der Waals surface area contributed by atoms with Crippen molar-refractivity contribution in [1.29, 1.82) is 0 Å². The summed E-state index contributed by atoms with van der Waals surface area (Å²) in [5.41, 5.74) is 0. The summed E-state index contributed by atoms with van der Waals surface area (Å²) in [7, 11) is 0. The largest absolute Gasteiger partial charge is 0.393 e. The van der Waals surface area contributed by atoms with Gasteiger partial charge in [-0.2, -0.15) is 0 Å². The Morgan fingerprint density at radius 1 is 1.50 bits per heavy atom. The van der Waals surface area contributed by atoms with E-state index in [1.807, 2.05) is 0 Å². The number of hydrogen-bond acceptors (Lipinski definition) is 2. The maximum absolute atomic E-state index is 11.9. The molecular formula is C6H11F2NO. The predicted molar refractivity (Wildman–Crippen MR) is 33.0 cm³/mol. The molecule has 1 aliphatic rings. The summed E-state index contributed by atoms with van der Waals surface area (Å²) in [6, 6.07) is -0.802. The highest BCUT2D eigenvalue weighted by molar-refractivity contribution is 4.79. The molecule has 0 aromatic carbocycles. The van der Waals surface area contributed by atoms with Crippen molar-refractivity contribution in [3.8, 4) is 0 Å². The van der Waals surface area contributed by atoms with E-state index in [4.69, 9.17) is 5.11 Å². The Bertz CT molecular complexity index is 110. The van der Waals surface area contributed by atoms with Crippen LogP contribution < -0.4 is 5.32 Å². The predicted octanol–water partition coefficient (Wildman–Crippen LogP) is 0.364. The summed E-state index contributed by atoms with van der Waals surface area (Å²) in [4.78, 5) is 0. The first kappa shape index (κ1) is 7.88. The van der Waals surface area contributed by atoms with Crippen LogP contribution in [-0.2, 0) is 0 Å². The van der Waals surface area contributed by atoms with E-state index in [9.17, 15) is 8.78 Å². The maximum Gasteiger partial charge on any atom is 0.253 e. The Morgan fingerprint density at radius 2 is 2.20 bits per heavy atom. The van der Waals surface area contributed by atoms with Gasteiger partial charge in [-0.3, -0.25) is 0 Å². The normalized spacial score (nSPS) is 34.8. The van der Waals surface area contributed by atoms with Crippen molar-refractivity contribution < 1.29 is 13.9 Å². The van der Waals surface area contributed by atoms with Crippen LogP contribution >= 0.6 is 0 Å². The molecule has 0 bridgehead atoms. The molecule has 2 N–H and O–H groups in total. The third kappa shape index (κ3) is 1.88. The lowest BCUT2D eigenvalue weighted by molar-refractivity contribution is 0.0375. The maximum atomic E-state index is 11.9. The average Bonchev–Trinajstić information content (AvgIpc) is 1.88. The van der Waals surface area contributed by atoms with Gasteiger partial charge in [0.05, 0.1) is 12.1 Å². The van der Waals surface area contributed by atoms with E-state index in [-0.39, 0.29) is 6.42 Å². The standard InChI is InChI=1S/C6H11F2NO/c7-6(8)5-3-4(10)1-2-9-5/h4-6,9-10H,1-3H2/t4-,5-/m1/s1. The Hall–Kier alpha value is -0.220. The molecule has 0 spiro atoms. The summed E-state index contributed by atoms with van der Waals surface area (Å²) in [5, 5.41) is 11.6. The molecule has 0 radical (unpaired) electrons. The first-order chi connectivity index (χ1) is 4.70. The smallest absolute Gasteiger partial charge is 0.253 e. The zero-order chi connectivity index (χ0) is 7.56. The molecule has 1 aliphatic heterocycles. The van der Waals surface area contributed by atoms with Gasteiger partial charge >= 0.3 is 0 Å². The van der Waals surface area contributed by atoms with Gasteiger partial charge in [0, 0.05) is 0 Å². The van der Waals surface area contributed by atoms with Crippen LogP contribution in [0.4, 0.5) is 8.78 Å². The van der Waals surface area contributed by atoms with Gasteiger partial charge in [-0.1, -0.05) is 0 Å². The van der Waals surface area contributed by atoms with Crippen LogP contribution in [-0.4, -0.2) is 30.2 Å². The van der Waals surface area contributed by atoms with Crippen molar-refractivity contribution in [2.24, 2.45) is 0 Å². The Morgan fingerprint density at radius 3 is 2.60 bits per heavy atom. The van der Waals surface area contributed by atoms with E-state index in [0.717, 1.165) is 0 Å². The van der Waals surface area contributed by atoms with Crippen LogP contribution in [0.25, 0.3) is 0 Å². The second-order valence-corrected chi connectivity index (χ2v) is 2.57. The fourth-order valence-electron chi connectivity index (χ4n) is 1.12. The first-order valence-electron chi connectivity index (χ1n) is 3.39. The molecule has 1 saturated heterocycles. The number of rotatable bonds is 1. The molecular weight excluding hydrogens is 140 g/mol. The van der Waals surface area contributed by atoms with E-state index in [0.29, 0.717) is 13.0 Å². The molecule has 10 heavy (non-hydrogen) atoms. The van der Waals surface area contributed by atoms with Crippen molar-refractivity contribution in [2.75, 3.05) is 6.54 Å². The molecule has 4 heteroatoms. The van der Waals surface area contributed by atoms with Crippen molar-refractivity contribution in [2.45, 2.75) is 31.4 Å². The molecule has 1 fully saturated rings. The molecule has 60 valence electrons. The van der Waals surface area contributed by atoms with Crippen LogP contribution in [0.2, 0.25) is 0 Å². The Kier molecular flexibility index (Phi) is 2.56. The molecule has 0 aromatic heterocycles. The highest BCUT2D eigenvalue weighted by Gasteiger charge is 2.26. The molecule has 0 saturated carbocycles. The van der Waals surface area contributed by atoms with Crippen molar-refractivity contribution in [1.82, 2.24) is 5.32 Å². The average molecular weight is 151 g/mol. The van der Waals surface area contributed by atoms with Crippen molar-refractivity contribution >= 4 is 0 Å². The number of aliphatic hydroxyl groups is 1. The summed E-state index contributed by atoms with van der Waals surface area (Å²) in [5.74, 6) is 0. The minimum atomic E-state index is -2.35. The highest BCUT2D eigenvalue weighted by Crippen LogP contribution is 2.13. The van der Waals surface area contributed by atoms with Crippen molar-refractivity contribution in [3.05, 3.63) is 0 Å². The molecule has 2 atom stereocenters. The third-order valence-corrected chi connectivity index (χ3v) is 1.71. The highest BCUT2D eigenvalue weighted by atomic mass is 19.3. The SMILES string of the molecule is O[C@@H]1CCN[C@@H](C(F)F)C1. The van der Waals surface area contributed by atoms with Crippen LogP contribution in [0.3, 0.4) is 0 Å². The molecule has 1 heterocycles. The Labute approximate surface area is 58.2 Å². The fourth-order valence-corrected chi connectivity index (χ4v) is 1.12. The summed E-state index contributed by atoms with van der Waals surface area (Å²) in [6.07, 6.45) is -2.13. The van der Waals surface area contributed by atoms with Crippen molar-refractivity contribution in [3.63, 3.8) is 0 Å². The van der Waals surface area contributed by atoms with Crippen LogP contribution in [0.5, 0.6) is 0 Å². The minimum absolute atomic E-state index is 0.178. The zero-order valence-electron chi connectivity index (χ0n) is 5.56. The van der Waals surface area contributed by atoms with Crippen LogP contribution in [0, 0.1) is 0 Å². The van der Waals surface area contributed by atoms with Gasteiger partial charge in [-0.05, 0) is 19.4 Å². The lowest BCUT2D eigenvalue weighted by Gasteiger charge is -2.26. The Balaban J connectivity index is 2.32. The van der Waals surface area contributed by atoms with E-state index in [2.05, 4.69) is 5.32 Å². The summed E-state index contributed by atoms with van der Waals surface area (Å²) in [6.45, 7) is 0.496. The number of aliphatic hydroxyl groups excluding tert-OH is 1. The van der Waals surface area contributed by atoms with Gasteiger partial charge in [0.25, 0.3) is 6.43 Å². The summed E-state index contributed by atoms with van der Waals surface area (Å²) < 4.78 is 23.8.